The maximum absolute atomic E-state index is 12.4. The molecule has 0 aliphatic heterocycles. The molecule has 0 nitrogen and oxygen atoms in total. The van der Waals surface area contributed by atoms with Crippen molar-refractivity contribution in [2.24, 2.45) is 11.8 Å². The van der Waals surface area contributed by atoms with Crippen LogP contribution in [0.2, 0.25) is 0 Å². The number of hydrogen-bond donors (Lipinski definition) is 0. The van der Waals surface area contributed by atoms with Gasteiger partial charge in [0.05, 0.1) is 0 Å². The summed E-state index contributed by atoms with van der Waals surface area (Å²) >= 11 is 0. The molecule has 0 saturated heterocycles. The van der Waals surface area contributed by atoms with Crippen molar-refractivity contribution in [2.75, 3.05) is 0 Å². The third-order valence-electron chi connectivity index (χ3n) is 19.8. The molecule has 0 unspecified atom stereocenters. The van der Waals surface area contributed by atoms with Gasteiger partial charge in [-0.1, -0.05) is 411 Å². The van der Waals surface area contributed by atoms with Crippen molar-refractivity contribution >= 4 is 0 Å². The second-order valence-electron chi connectivity index (χ2n) is 28.8. The Balaban J connectivity index is 4.85. The minimum atomic E-state index is -4.01. The Morgan fingerprint density at radius 1 is 0.111 bits per heavy atom. The van der Waals surface area contributed by atoms with Gasteiger partial charge in [-0.15, -0.1) is 0 Å². The van der Waals surface area contributed by atoms with E-state index in [1.807, 2.05) is 0 Å². The molecule has 0 aromatic rings. The van der Waals surface area contributed by atoms with Crippen LogP contribution in [-0.4, -0.2) is 24.7 Å². The molecule has 542 valence electrons. The van der Waals surface area contributed by atoms with Crippen LogP contribution >= 0.6 is 0 Å². The lowest BCUT2D eigenvalue weighted by molar-refractivity contribution is -0.136. The zero-order chi connectivity index (χ0) is 66.1. The van der Waals surface area contributed by atoms with Crippen molar-refractivity contribution in [1.82, 2.24) is 0 Å². The van der Waals surface area contributed by atoms with Gasteiger partial charge >= 0.3 is 24.7 Å². The first-order valence-corrected chi connectivity index (χ1v) is 39.6. The highest BCUT2D eigenvalue weighted by molar-refractivity contribution is 4.67. The minimum absolute atomic E-state index is 0.272. The average molecular weight is 1310 g/mol. The summed E-state index contributed by atoms with van der Waals surface area (Å²) in [6.07, 6.45) is 61.6. The SMILES string of the molecule is FC(F)(F)CCCCCCCCCCCCCCCCCC(CCCCCCCCCCCCCCCCCC(F)(F)F)CCCCC(CCCCCCCCCCCCCCCCCC(F)(F)F)CCCCCCCCCCCCCCCCCC(F)(F)F. The van der Waals surface area contributed by atoms with Gasteiger partial charge in [-0.2, -0.15) is 52.7 Å². The molecule has 12 heteroatoms. The maximum Gasteiger partial charge on any atom is 0.389 e. The van der Waals surface area contributed by atoms with Crippen LogP contribution in [0.5, 0.6) is 0 Å². The summed E-state index contributed by atoms with van der Waals surface area (Å²) in [5, 5.41) is 0. The molecule has 0 rings (SSSR count). The van der Waals surface area contributed by atoms with Crippen LogP contribution in [0.3, 0.4) is 0 Å². The number of alkyl halides is 12. The Morgan fingerprint density at radius 3 is 0.289 bits per heavy atom. The van der Waals surface area contributed by atoms with E-state index in [-0.39, 0.29) is 25.7 Å². The number of hydrogen-bond acceptors (Lipinski definition) is 0. The molecule has 0 aliphatic carbocycles. The maximum atomic E-state index is 12.4. The second kappa shape index (κ2) is 65.4. The summed E-state index contributed by atoms with van der Waals surface area (Å²) in [6.45, 7) is 0. The lowest BCUT2D eigenvalue weighted by Crippen LogP contribution is -2.06. The molecule has 90 heavy (non-hydrogen) atoms. The van der Waals surface area contributed by atoms with E-state index < -0.39 is 50.4 Å². The van der Waals surface area contributed by atoms with Gasteiger partial charge in [0.1, 0.15) is 0 Å². The van der Waals surface area contributed by atoms with E-state index in [0.717, 1.165) is 88.9 Å². The first-order valence-electron chi connectivity index (χ1n) is 39.6. The van der Waals surface area contributed by atoms with Crippen LogP contribution in [0.25, 0.3) is 0 Å². The number of halogens is 12. The second-order valence-corrected chi connectivity index (χ2v) is 28.8. The molecule has 0 aliphatic rings. The summed E-state index contributed by atoms with van der Waals surface area (Å²) in [6, 6.07) is 0. The van der Waals surface area contributed by atoms with Crippen LogP contribution in [0.4, 0.5) is 52.7 Å². The summed E-state index contributed by atoms with van der Waals surface area (Å²) < 4.78 is 148. The standard InChI is InChI=1S/C78H146F12/c79-75(80,81)69-59-49-41-33-25-17-9-1-5-13-21-29-37-45-53-63-73(64-54-46-38-30-22-14-6-2-10-18-26-34-42-50-60-70-76(82,83)84)67-57-58-68-74(65-55-47-39-31-23-15-7-3-11-19-27-35-43-51-61-71-77(85,86)87)66-56-48-40-32-24-16-8-4-12-20-28-36-44-52-62-72-78(88,89)90/h73-74H,1-72H2. The summed E-state index contributed by atoms with van der Waals surface area (Å²) in [5.41, 5.74) is 0. The monoisotopic (exact) mass is 1310 g/mol. The van der Waals surface area contributed by atoms with Crippen LogP contribution in [0, 0.1) is 11.8 Å². The quantitative estimate of drug-likeness (QED) is 0.0421. The fourth-order valence-electron chi connectivity index (χ4n) is 14.0. The van der Waals surface area contributed by atoms with Crippen molar-refractivity contribution in [3.05, 3.63) is 0 Å². The van der Waals surface area contributed by atoms with Gasteiger partial charge in [0.2, 0.25) is 0 Å². The molecule has 0 fully saturated rings. The highest BCUT2D eigenvalue weighted by atomic mass is 19.4. The van der Waals surface area contributed by atoms with E-state index in [4.69, 9.17) is 0 Å². The van der Waals surface area contributed by atoms with E-state index in [2.05, 4.69) is 0 Å². The molecular weight excluding hydrogens is 1160 g/mol. The third-order valence-corrected chi connectivity index (χ3v) is 19.8. The zero-order valence-corrected chi connectivity index (χ0v) is 58.6. The predicted octanol–water partition coefficient (Wildman–Crippen LogP) is 32.6. The highest BCUT2D eigenvalue weighted by Gasteiger charge is 2.28. The first-order chi connectivity index (χ1) is 43.4. The third kappa shape index (κ3) is 79.6. The molecule has 0 spiro atoms. The largest absolute Gasteiger partial charge is 0.389 e. The van der Waals surface area contributed by atoms with Crippen LogP contribution in [0.15, 0.2) is 0 Å². The summed E-state index contributed by atoms with van der Waals surface area (Å²) in [7, 11) is 0. The van der Waals surface area contributed by atoms with Crippen LogP contribution in [0.1, 0.15) is 462 Å². The molecule has 0 radical (unpaired) electrons. The van der Waals surface area contributed by atoms with Crippen molar-refractivity contribution in [3.63, 3.8) is 0 Å². The first kappa shape index (κ1) is 89.2. The van der Waals surface area contributed by atoms with Crippen LogP contribution in [-0.2, 0) is 0 Å². The smallest absolute Gasteiger partial charge is 0.171 e. The molecule has 0 N–H and O–H groups in total. The van der Waals surface area contributed by atoms with Gasteiger partial charge < -0.3 is 0 Å². The van der Waals surface area contributed by atoms with Gasteiger partial charge in [-0.05, 0) is 37.5 Å². The van der Waals surface area contributed by atoms with E-state index in [0.29, 0.717) is 25.7 Å². The lowest BCUT2D eigenvalue weighted by atomic mass is 9.86. The lowest BCUT2D eigenvalue weighted by Gasteiger charge is -2.20. The van der Waals surface area contributed by atoms with Crippen molar-refractivity contribution in [1.29, 1.82) is 0 Å². The Morgan fingerprint density at radius 2 is 0.189 bits per heavy atom. The Hall–Kier alpha value is -0.840. The molecule has 0 amide bonds. The molecule has 0 bridgehead atoms. The van der Waals surface area contributed by atoms with E-state index in [9.17, 15) is 52.7 Å². The summed E-state index contributed by atoms with van der Waals surface area (Å²) in [5.74, 6) is 1.72. The normalized spacial score (nSPS) is 12.7. The van der Waals surface area contributed by atoms with Crippen molar-refractivity contribution < 1.29 is 52.7 Å². The van der Waals surface area contributed by atoms with Gasteiger partial charge in [-0.25, -0.2) is 0 Å². The predicted molar refractivity (Wildman–Crippen MR) is 364 cm³/mol. The molecular formula is C78H146F12. The van der Waals surface area contributed by atoms with Gasteiger partial charge in [0.25, 0.3) is 0 Å². The fourth-order valence-corrected chi connectivity index (χ4v) is 14.0. The zero-order valence-electron chi connectivity index (χ0n) is 58.6. The van der Waals surface area contributed by atoms with Crippen molar-refractivity contribution in [2.45, 2.75) is 487 Å². The van der Waals surface area contributed by atoms with E-state index >= 15 is 0 Å². The average Bonchev–Trinajstić information content (AvgIpc) is 3.54. The minimum Gasteiger partial charge on any atom is -0.171 e. The Labute approximate surface area is 549 Å². The molecule has 0 saturated carbocycles. The van der Waals surface area contributed by atoms with Gasteiger partial charge in [-0.3, -0.25) is 0 Å². The number of unbranched alkanes of at least 4 members (excludes halogenated alkanes) is 57. The Kier molecular flexibility index (Phi) is 64.8. The van der Waals surface area contributed by atoms with Gasteiger partial charge in [0, 0.05) is 25.7 Å². The van der Waals surface area contributed by atoms with E-state index in [1.54, 1.807) is 0 Å². The topological polar surface area (TPSA) is 0 Å². The van der Waals surface area contributed by atoms with Gasteiger partial charge in [0.15, 0.2) is 0 Å². The molecule has 0 aromatic carbocycles. The fraction of sp³-hybridized carbons (Fsp3) is 1.00. The van der Waals surface area contributed by atoms with Crippen molar-refractivity contribution in [3.8, 4) is 0 Å². The summed E-state index contributed by atoms with van der Waals surface area (Å²) in [4.78, 5) is 0. The molecule has 0 heterocycles. The van der Waals surface area contributed by atoms with Crippen LogP contribution < -0.4 is 0 Å². The molecule has 0 atom stereocenters. The molecule has 0 aromatic heterocycles. The highest BCUT2D eigenvalue weighted by Crippen LogP contribution is 2.31. The van der Waals surface area contributed by atoms with E-state index in [1.165, 1.54) is 308 Å². The Bertz CT molecular complexity index is 1180. The number of rotatable bonds is 73.